The molecule has 0 unspecified atom stereocenters. The van der Waals surface area contributed by atoms with Crippen molar-refractivity contribution in [1.29, 1.82) is 0 Å². The van der Waals surface area contributed by atoms with Crippen LogP contribution in [0.2, 0.25) is 0 Å². The van der Waals surface area contributed by atoms with Gasteiger partial charge in [-0.15, -0.1) is 0 Å². The van der Waals surface area contributed by atoms with Gasteiger partial charge < -0.3 is 10.2 Å². The average Bonchev–Trinajstić information content (AvgIpc) is 3.56. The summed E-state index contributed by atoms with van der Waals surface area (Å²) in [5, 5.41) is 3.03. The number of nitrogens with zero attached hydrogens (tertiary/aromatic N) is 1. The van der Waals surface area contributed by atoms with E-state index < -0.39 is 0 Å². The number of benzene rings is 1. The number of hydrogen-bond acceptors (Lipinski definition) is 3. The van der Waals surface area contributed by atoms with E-state index in [-0.39, 0.29) is 29.6 Å². The number of nitrogens with one attached hydrogen (secondary N) is 1. The molecule has 1 heterocycles. The highest BCUT2D eigenvalue weighted by Crippen LogP contribution is 2.36. The van der Waals surface area contributed by atoms with Gasteiger partial charge >= 0.3 is 0 Å². The lowest BCUT2D eigenvalue weighted by molar-refractivity contribution is -0.137. The summed E-state index contributed by atoms with van der Waals surface area (Å²) in [7, 11) is 0. The Balaban J connectivity index is 1.34. The summed E-state index contributed by atoms with van der Waals surface area (Å²) >= 11 is 0. The van der Waals surface area contributed by atoms with Crippen molar-refractivity contribution in [3.05, 3.63) is 35.4 Å². The van der Waals surface area contributed by atoms with Crippen molar-refractivity contribution in [2.24, 2.45) is 11.8 Å². The summed E-state index contributed by atoms with van der Waals surface area (Å²) in [5.74, 6) is 1.21. The minimum absolute atomic E-state index is 0.136. The van der Waals surface area contributed by atoms with Gasteiger partial charge in [-0.05, 0) is 49.3 Å². The summed E-state index contributed by atoms with van der Waals surface area (Å²) < 4.78 is 0. The molecule has 29 heavy (non-hydrogen) atoms. The first kappa shape index (κ1) is 20.1. The largest absolute Gasteiger partial charge is 0.342 e. The molecule has 3 aliphatic rings. The third kappa shape index (κ3) is 4.54. The predicted molar refractivity (Wildman–Crippen MR) is 112 cm³/mol. The Kier molecular flexibility index (Phi) is 6.02. The van der Waals surface area contributed by atoms with Crippen LogP contribution in [0, 0.1) is 11.8 Å². The van der Waals surface area contributed by atoms with Crippen molar-refractivity contribution >= 4 is 17.6 Å². The van der Waals surface area contributed by atoms with Crippen LogP contribution < -0.4 is 5.32 Å². The summed E-state index contributed by atoms with van der Waals surface area (Å²) in [6.45, 7) is 3.44. The van der Waals surface area contributed by atoms with Gasteiger partial charge in [-0.2, -0.15) is 0 Å². The van der Waals surface area contributed by atoms with E-state index in [1.165, 1.54) is 12.0 Å². The maximum atomic E-state index is 12.8. The zero-order chi connectivity index (χ0) is 20.4. The highest BCUT2D eigenvalue weighted by Gasteiger charge is 2.39. The molecule has 1 aromatic rings. The summed E-state index contributed by atoms with van der Waals surface area (Å²) in [5.41, 5.74) is 1.78. The number of carbonyl (C=O) groups excluding carboxylic acids is 3. The molecular weight excluding hydrogens is 364 g/mol. The Morgan fingerprint density at radius 2 is 1.66 bits per heavy atom. The lowest BCUT2D eigenvalue weighted by atomic mass is 9.81. The number of Topliss-reactive ketones (excluding diaryl/α,β-unsaturated/α-hetero) is 1. The van der Waals surface area contributed by atoms with E-state index in [4.69, 9.17) is 0 Å². The molecule has 5 heteroatoms. The first-order valence-corrected chi connectivity index (χ1v) is 11.3. The molecule has 4 rings (SSSR count). The van der Waals surface area contributed by atoms with Crippen molar-refractivity contribution in [3.63, 3.8) is 0 Å². The molecule has 1 atom stereocenters. The maximum absolute atomic E-state index is 12.8. The van der Waals surface area contributed by atoms with Crippen molar-refractivity contribution < 1.29 is 14.4 Å². The quantitative estimate of drug-likeness (QED) is 0.764. The van der Waals surface area contributed by atoms with Crippen LogP contribution in [0.1, 0.15) is 80.1 Å². The predicted octanol–water partition coefficient (Wildman–Crippen LogP) is 3.68. The summed E-state index contributed by atoms with van der Waals surface area (Å²) in [6.07, 6.45) is 8.11. The first-order valence-electron chi connectivity index (χ1n) is 11.3. The molecule has 2 aliphatic carbocycles. The zero-order valence-electron chi connectivity index (χ0n) is 17.4. The molecule has 1 aliphatic heterocycles. The Morgan fingerprint density at radius 1 is 1.00 bits per heavy atom. The fourth-order valence-corrected chi connectivity index (χ4v) is 4.74. The van der Waals surface area contributed by atoms with Crippen LogP contribution >= 0.6 is 0 Å². The van der Waals surface area contributed by atoms with E-state index in [9.17, 15) is 14.4 Å². The molecule has 2 amide bonds. The molecule has 0 aromatic heterocycles. The highest BCUT2D eigenvalue weighted by atomic mass is 16.2. The molecule has 3 fully saturated rings. The molecule has 1 N–H and O–H groups in total. The standard InChI is InChI=1S/C24H32N2O3/c1-2-21(27)22(17-6-4-3-5-7-17)25-23(28)18-10-8-16(9-11-18)20-14-26(15-20)24(29)19-12-13-19/h8-11,17,19-20,22H,2-7,12-15H2,1H3,(H,25,28)/t22-/m1/s1. The Morgan fingerprint density at radius 3 is 2.24 bits per heavy atom. The number of hydrogen-bond donors (Lipinski definition) is 1. The minimum Gasteiger partial charge on any atom is -0.342 e. The fourth-order valence-electron chi connectivity index (χ4n) is 4.74. The second kappa shape index (κ2) is 8.68. The van der Waals surface area contributed by atoms with Crippen LogP contribution in [-0.2, 0) is 9.59 Å². The van der Waals surface area contributed by atoms with Gasteiger partial charge in [0.1, 0.15) is 0 Å². The van der Waals surface area contributed by atoms with Gasteiger partial charge in [-0.25, -0.2) is 0 Å². The van der Waals surface area contributed by atoms with E-state index in [1.54, 1.807) is 0 Å². The van der Waals surface area contributed by atoms with Gasteiger partial charge in [0, 0.05) is 36.9 Å². The Bertz CT molecular complexity index is 757. The maximum Gasteiger partial charge on any atom is 0.251 e. The first-order chi connectivity index (χ1) is 14.1. The van der Waals surface area contributed by atoms with Crippen LogP contribution in [0.3, 0.4) is 0 Å². The average molecular weight is 397 g/mol. The normalized spacial score (nSPS) is 21.3. The number of rotatable bonds is 7. The van der Waals surface area contributed by atoms with Crippen molar-refractivity contribution in [2.75, 3.05) is 13.1 Å². The fraction of sp³-hybridized carbons (Fsp3) is 0.625. The Labute approximate surface area is 173 Å². The topological polar surface area (TPSA) is 66.5 Å². The monoisotopic (exact) mass is 396 g/mol. The van der Waals surface area contributed by atoms with Crippen LogP contribution in [0.4, 0.5) is 0 Å². The molecule has 2 saturated carbocycles. The van der Waals surface area contributed by atoms with Gasteiger partial charge in [-0.1, -0.05) is 38.3 Å². The van der Waals surface area contributed by atoms with E-state index in [0.29, 0.717) is 23.8 Å². The summed E-state index contributed by atoms with van der Waals surface area (Å²) in [6, 6.07) is 7.33. The van der Waals surface area contributed by atoms with Crippen LogP contribution in [0.15, 0.2) is 24.3 Å². The molecular formula is C24H32N2O3. The van der Waals surface area contributed by atoms with Gasteiger partial charge in [0.25, 0.3) is 5.91 Å². The van der Waals surface area contributed by atoms with Gasteiger partial charge in [-0.3, -0.25) is 14.4 Å². The van der Waals surface area contributed by atoms with Crippen LogP contribution in [-0.4, -0.2) is 41.6 Å². The Hall–Kier alpha value is -2.17. The number of likely N-dealkylation sites (tertiary alicyclic amines) is 1. The SMILES string of the molecule is CCC(=O)[C@H](NC(=O)c1ccc(C2CN(C(=O)C3CC3)C2)cc1)C1CCCCC1. The lowest BCUT2D eigenvalue weighted by Gasteiger charge is -2.39. The van der Waals surface area contributed by atoms with Gasteiger partial charge in [0.15, 0.2) is 5.78 Å². The molecule has 0 bridgehead atoms. The van der Waals surface area contributed by atoms with Gasteiger partial charge in [0.05, 0.1) is 6.04 Å². The van der Waals surface area contributed by atoms with Crippen LogP contribution in [0.5, 0.6) is 0 Å². The second-order valence-corrected chi connectivity index (χ2v) is 9.01. The minimum atomic E-state index is -0.360. The van der Waals surface area contributed by atoms with E-state index in [2.05, 4.69) is 5.32 Å². The highest BCUT2D eigenvalue weighted by molar-refractivity contribution is 5.98. The smallest absolute Gasteiger partial charge is 0.251 e. The van der Waals surface area contributed by atoms with Crippen LogP contribution in [0.25, 0.3) is 0 Å². The second-order valence-electron chi connectivity index (χ2n) is 9.01. The number of carbonyl (C=O) groups is 3. The lowest BCUT2D eigenvalue weighted by Crippen LogP contribution is -2.49. The van der Waals surface area contributed by atoms with Gasteiger partial charge in [0.2, 0.25) is 5.91 Å². The molecule has 156 valence electrons. The van der Waals surface area contributed by atoms with Crippen molar-refractivity contribution in [1.82, 2.24) is 10.2 Å². The molecule has 1 aromatic carbocycles. The van der Waals surface area contributed by atoms with E-state index in [1.807, 2.05) is 36.1 Å². The number of ketones is 1. The van der Waals surface area contributed by atoms with E-state index in [0.717, 1.165) is 51.6 Å². The van der Waals surface area contributed by atoms with Crippen molar-refractivity contribution in [2.45, 2.75) is 70.3 Å². The molecule has 5 nitrogen and oxygen atoms in total. The van der Waals surface area contributed by atoms with E-state index >= 15 is 0 Å². The third-order valence-electron chi connectivity index (χ3n) is 6.87. The summed E-state index contributed by atoms with van der Waals surface area (Å²) in [4.78, 5) is 39.3. The number of amides is 2. The molecule has 0 spiro atoms. The third-order valence-corrected chi connectivity index (χ3v) is 6.87. The van der Waals surface area contributed by atoms with Crippen molar-refractivity contribution in [3.8, 4) is 0 Å². The molecule has 1 saturated heterocycles. The zero-order valence-corrected chi connectivity index (χ0v) is 17.4. The molecule has 0 radical (unpaired) electrons.